The molecular formula is C15H21N5O2S. The molecule has 2 rings (SSSR count). The molecule has 1 amide bonds. The molecule has 1 heterocycles. The van der Waals surface area contributed by atoms with Gasteiger partial charge in [0.2, 0.25) is 11.1 Å². The van der Waals surface area contributed by atoms with Crippen LogP contribution in [-0.4, -0.2) is 61.6 Å². The van der Waals surface area contributed by atoms with Crippen LogP contribution in [0.1, 0.15) is 19.8 Å². The van der Waals surface area contributed by atoms with Crippen LogP contribution in [0.15, 0.2) is 35.5 Å². The Morgan fingerprint density at radius 2 is 2.13 bits per heavy atom. The van der Waals surface area contributed by atoms with E-state index in [2.05, 4.69) is 15.5 Å². The molecule has 0 saturated carbocycles. The monoisotopic (exact) mass is 335 g/mol. The fourth-order valence-corrected chi connectivity index (χ4v) is 2.95. The zero-order chi connectivity index (χ0) is 16.5. The lowest BCUT2D eigenvalue weighted by Gasteiger charge is -2.19. The number of tetrazole rings is 1. The number of hydrogen-bond acceptors (Lipinski definition) is 6. The van der Waals surface area contributed by atoms with Crippen molar-refractivity contribution in [3.8, 4) is 5.69 Å². The molecule has 0 radical (unpaired) electrons. The summed E-state index contributed by atoms with van der Waals surface area (Å²) in [4.78, 5) is 13.6. The number of amides is 1. The van der Waals surface area contributed by atoms with Gasteiger partial charge in [0.25, 0.3) is 0 Å². The molecule has 0 bridgehead atoms. The number of hydrogen-bond donors (Lipinski definition) is 1. The van der Waals surface area contributed by atoms with Crippen molar-refractivity contribution in [2.45, 2.75) is 24.9 Å². The van der Waals surface area contributed by atoms with Crippen molar-refractivity contribution in [2.24, 2.45) is 0 Å². The smallest absolute Gasteiger partial charge is 0.222 e. The highest BCUT2D eigenvalue weighted by atomic mass is 32.2. The molecule has 0 unspecified atom stereocenters. The van der Waals surface area contributed by atoms with Crippen molar-refractivity contribution in [2.75, 3.05) is 25.4 Å². The summed E-state index contributed by atoms with van der Waals surface area (Å²) in [7, 11) is 0. The predicted octanol–water partition coefficient (Wildman–Crippen LogP) is 1.38. The van der Waals surface area contributed by atoms with E-state index in [9.17, 15) is 4.79 Å². The number of carbonyl (C=O) groups is 1. The van der Waals surface area contributed by atoms with Crippen molar-refractivity contribution >= 4 is 17.7 Å². The average molecular weight is 335 g/mol. The van der Waals surface area contributed by atoms with Gasteiger partial charge in [-0.15, -0.1) is 5.10 Å². The van der Waals surface area contributed by atoms with E-state index in [1.54, 1.807) is 9.58 Å². The van der Waals surface area contributed by atoms with Gasteiger partial charge in [-0.2, -0.15) is 4.68 Å². The van der Waals surface area contributed by atoms with Crippen molar-refractivity contribution in [3.63, 3.8) is 0 Å². The summed E-state index contributed by atoms with van der Waals surface area (Å²) in [5.74, 6) is 0.833. The van der Waals surface area contributed by atoms with Crippen LogP contribution in [0, 0.1) is 0 Å². The molecule has 0 spiro atoms. The maximum Gasteiger partial charge on any atom is 0.222 e. The molecule has 8 heteroatoms. The number of aliphatic hydroxyl groups excluding tert-OH is 1. The van der Waals surface area contributed by atoms with Gasteiger partial charge in [-0.1, -0.05) is 30.0 Å². The fourth-order valence-electron chi connectivity index (χ4n) is 2.13. The van der Waals surface area contributed by atoms with Gasteiger partial charge in [-0.3, -0.25) is 4.79 Å². The van der Waals surface area contributed by atoms with E-state index < -0.39 is 0 Å². The quantitative estimate of drug-likeness (QED) is 0.550. The number of aliphatic hydroxyl groups is 1. The van der Waals surface area contributed by atoms with Crippen LogP contribution in [0.25, 0.3) is 5.69 Å². The standard InChI is InChI=1S/C15H21N5O2S/c1-2-19(10-11-21)14(22)9-6-12-23-15-16-17-18-20(15)13-7-4-3-5-8-13/h3-5,7-8,21H,2,6,9-12H2,1H3. The molecule has 23 heavy (non-hydrogen) atoms. The highest BCUT2D eigenvalue weighted by molar-refractivity contribution is 7.99. The Bertz CT molecular complexity index is 605. The molecule has 1 N–H and O–H groups in total. The number of thioether (sulfide) groups is 1. The van der Waals surface area contributed by atoms with Crippen LogP contribution >= 0.6 is 11.8 Å². The Morgan fingerprint density at radius 3 is 2.83 bits per heavy atom. The molecule has 0 aliphatic carbocycles. The Morgan fingerprint density at radius 1 is 1.35 bits per heavy atom. The lowest BCUT2D eigenvalue weighted by Crippen LogP contribution is -2.33. The first-order valence-corrected chi connectivity index (χ1v) is 8.60. The Kier molecular flexibility index (Phi) is 7.02. The summed E-state index contributed by atoms with van der Waals surface area (Å²) in [5.41, 5.74) is 0.913. The number of carbonyl (C=O) groups excluding carboxylic acids is 1. The third-order valence-corrected chi connectivity index (χ3v) is 4.32. The SMILES string of the molecule is CCN(CCO)C(=O)CCCSc1nnnn1-c1ccccc1. The molecule has 2 aromatic rings. The van der Waals surface area contributed by atoms with Crippen LogP contribution in [0.4, 0.5) is 0 Å². The van der Waals surface area contributed by atoms with Crippen LogP contribution in [0.5, 0.6) is 0 Å². The summed E-state index contributed by atoms with van der Waals surface area (Å²) >= 11 is 1.53. The van der Waals surface area contributed by atoms with E-state index >= 15 is 0 Å². The van der Waals surface area contributed by atoms with E-state index in [1.165, 1.54) is 11.8 Å². The summed E-state index contributed by atoms with van der Waals surface area (Å²) < 4.78 is 1.69. The molecule has 0 fully saturated rings. The minimum Gasteiger partial charge on any atom is -0.395 e. The number of benzene rings is 1. The van der Waals surface area contributed by atoms with Crippen molar-refractivity contribution in [1.82, 2.24) is 25.1 Å². The third kappa shape index (κ3) is 5.04. The second-order valence-electron chi connectivity index (χ2n) is 4.86. The van der Waals surface area contributed by atoms with Gasteiger partial charge in [0, 0.05) is 25.3 Å². The molecular weight excluding hydrogens is 314 g/mol. The maximum absolute atomic E-state index is 12.0. The maximum atomic E-state index is 12.0. The van der Waals surface area contributed by atoms with Gasteiger partial charge in [0.15, 0.2) is 0 Å². The lowest BCUT2D eigenvalue weighted by molar-refractivity contribution is -0.131. The molecule has 7 nitrogen and oxygen atoms in total. The van der Waals surface area contributed by atoms with Crippen molar-refractivity contribution < 1.29 is 9.90 Å². The highest BCUT2D eigenvalue weighted by Gasteiger charge is 2.12. The van der Waals surface area contributed by atoms with E-state index in [-0.39, 0.29) is 12.5 Å². The molecule has 1 aromatic carbocycles. The summed E-state index contributed by atoms with van der Waals surface area (Å²) in [6, 6.07) is 9.70. The zero-order valence-corrected chi connectivity index (χ0v) is 13.9. The molecule has 0 aliphatic heterocycles. The minimum absolute atomic E-state index is 0.000178. The fraction of sp³-hybridized carbons (Fsp3) is 0.467. The average Bonchev–Trinajstić information content (AvgIpc) is 3.05. The summed E-state index contributed by atoms with van der Waals surface area (Å²) in [6.07, 6.45) is 1.21. The van der Waals surface area contributed by atoms with E-state index in [1.807, 2.05) is 37.3 Å². The Balaban J connectivity index is 1.82. The topological polar surface area (TPSA) is 84.1 Å². The van der Waals surface area contributed by atoms with Gasteiger partial charge in [0.05, 0.1) is 12.3 Å². The molecule has 0 saturated heterocycles. The van der Waals surface area contributed by atoms with Crippen LogP contribution in [-0.2, 0) is 4.79 Å². The molecule has 0 aliphatic rings. The van der Waals surface area contributed by atoms with E-state index in [0.29, 0.717) is 24.7 Å². The zero-order valence-electron chi connectivity index (χ0n) is 13.1. The van der Waals surface area contributed by atoms with Gasteiger partial charge >= 0.3 is 0 Å². The summed E-state index contributed by atoms with van der Waals surface area (Å²) in [6.45, 7) is 2.93. The number of aromatic nitrogens is 4. The minimum atomic E-state index is 0.000178. The largest absolute Gasteiger partial charge is 0.395 e. The first kappa shape index (κ1) is 17.4. The van der Waals surface area contributed by atoms with E-state index in [0.717, 1.165) is 17.9 Å². The van der Waals surface area contributed by atoms with Crippen molar-refractivity contribution in [1.29, 1.82) is 0 Å². The molecule has 124 valence electrons. The van der Waals surface area contributed by atoms with Crippen molar-refractivity contribution in [3.05, 3.63) is 30.3 Å². The number of nitrogens with zero attached hydrogens (tertiary/aromatic N) is 5. The van der Waals surface area contributed by atoms with Crippen LogP contribution in [0.3, 0.4) is 0 Å². The number of para-hydroxylation sites is 1. The van der Waals surface area contributed by atoms with Gasteiger partial charge < -0.3 is 10.0 Å². The summed E-state index contributed by atoms with van der Waals surface area (Å²) in [5, 5.41) is 21.4. The molecule has 1 aromatic heterocycles. The van der Waals surface area contributed by atoms with Gasteiger partial charge in [-0.05, 0) is 35.9 Å². The van der Waals surface area contributed by atoms with Gasteiger partial charge in [0.1, 0.15) is 0 Å². The normalized spacial score (nSPS) is 10.7. The van der Waals surface area contributed by atoms with Crippen LogP contribution < -0.4 is 0 Å². The van der Waals surface area contributed by atoms with Crippen LogP contribution in [0.2, 0.25) is 0 Å². The molecule has 0 atom stereocenters. The van der Waals surface area contributed by atoms with E-state index in [4.69, 9.17) is 5.11 Å². The highest BCUT2D eigenvalue weighted by Crippen LogP contribution is 2.19. The third-order valence-electron chi connectivity index (χ3n) is 3.31. The second-order valence-corrected chi connectivity index (χ2v) is 5.92. The number of likely N-dealkylation sites (N-methyl/N-ethyl adjacent to an activating group) is 1. The predicted molar refractivity (Wildman–Crippen MR) is 88.5 cm³/mol. The van der Waals surface area contributed by atoms with Gasteiger partial charge in [-0.25, -0.2) is 0 Å². The number of rotatable bonds is 9. The Labute approximate surface area is 139 Å². The first-order valence-electron chi connectivity index (χ1n) is 7.61. The lowest BCUT2D eigenvalue weighted by atomic mass is 10.3. The Hall–Kier alpha value is -1.93. The first-order chi connectivity index (χ1) is 11.3. The second kappa shape index (κ2) is 9.26.